The molecule has 0 amide bonds. The topological polar surface area (TPSA) is 0 Å². The van der Waals surface area contributed by atoms with Crippen molar-refractivity contribution in [2.45, 2.75) is 0 Å². The van der Waals surface area contributed by atoms with Gasteiger partial charge < -0.3 is 0 Å². The summed E-state index contributed by atoms with van der Waals surface area (Å²) in [4.78, 5) is 0. The van der Waals surface area contributed by atoms with E-state index in [1.54, 1.807) is 0 Å². The zero-order valence-electron chi connectivity index (χ0n) is 31.3. The van der Waals surface area contributed by atoms with Gasteiger partial charge in [0.25, 0.3) is 0 Å². The molecule has 0 aliphatic rings. The first-order chi connectivity index (χ1) is 27.5. The standard InChI is InChI=1S/C26H22Ge.C18H15ClGe.C8H7Br/c1-2-22-18-20-26(21-19-22)27(23-12-6-3-7-13-23,24-14-8-4-9-15-24)25-16-10-5-11-17-25;19-20(16-10-4-1-5-11-16,17-12-6-2-7-13-17)18-14-8-3-9-15-18;1-2-7-3-5-8(9)6-4-7/h2-21H,1H2;1-15H;2-6H,1H2. The molecule has 0 N–H and O–H groups in total. The van der Waals surface area contributed by atoms with Crippen LogP contribution in [0.1, 0.15) is 11.1 Å². The van der Waals surface area contributed by atoms with Gasteiger partial charge in [-0.25, -0.2) is 0 Å². The van der Waals surface area contributed by atoms with Crippen LogP contribution in [-0.4, -0.2) is 25.6 Å². The molecule has 56 heavy (non-hydrogen) atoms. The van der Waals surface area contributed by atoms with Crippen LogP contribution in [0, 0.1) is 0 Å². The Kier molecular flexibility index (Phi) is 14.8. The van der Waals surface area contributed by atoms with Gasteiger partial charge in [-0.15, -0.1) is 0 Å². The molecule has 0 aliphatic carbocycles. The normalized spacial score (nSPS) is 10.8. The van der Waals surface area contributed by atoms with E-state index in [0.717, 1.165) is 15.6 Å². The van der Waals surface area contributed by atoms with Crippen molar-refractivity contribution < 1.29 is 0 Å². The SMILES string of the molecule is C=Cc1cc[c]([Ge]([c]2ccccc2)([c]2ccccc2)[c]2ccccc2)cc1.C=Cc1ccc(Br)cc1.[Cl][Ge]([c]1ccccc1)([c]1ccccc1)[c]1ccccc1. The molecule has 0 atom stereocenters. The Hall–Kier alpha value is -4.90. The Morgan fingerprint density at radius 2 is 0.554 bits per heavy atom. The van der Waals surface area contributed by atoms with Crippen LogP contribution in [0.3, 0.4) is 0 Å². The van der Waals surface area contributed by atoms with E-state index in [2.05, 4.69) is 217 Å². The van der Waals surface area contributed by atoms with Crippen molar-refractivity contribution in [2.75, 3.05) is 0 Å². The van der Waals surface area contributed by atoms with Gasteiger partial charge in [-0.05, 0) is 17.7 Å². The minimum absolute atomic E-state index is 1.10. The van der Waals surface area contributed by atoms with Crippen molar-refractivity contribution in [1.82, 2.24) is 0 Å². The summed E-state index contributed by atoms with van der Waals surface area (Å²) < 4.78 is 10.7. The first kappa shape index (κ1) is 40.7. The molecule has 0 radical (unpaired) electrons. The zero-order valence-corrected chi connectivity index (χ0v) is 37.8. The summed E-state index contributed by atoms with van der Waals surface area (Å²) in [6.07, 6.45) is 3.73. The number of rotatable bonds is 9. The molecule has 0 nitrogen and oxygen atoms in total. The summed E-state index contributed by atoms with van der Waals surface area (Å²) in [7, 11) is 7.30. The Bertz CT molecular complexity index is 2180. The molecule has 0 unspecified atom stereocenters. The summed E-state index contributed by atoms with van der Waals surface area (Å²) in [5.74, 6) is 0. The molecular weight excluding hydrogens is 885 g/mol. The average Bonchev–Trinajstić information content (AvgIpc) is 3.29. The third-order valence-electron chi connectivity index (χ3n) is 9.82. The first-order valence-electron chi connectivity index (χ1n) is 18.6. The van der Waals surface area contributed by atoms with Crippen LogP contribution in [0.5, 0.6) is 0 Å². The molecule has 8 aromatic rings. The molecule has 0 heterocycles. The summed E-state index contributed by atoms with van der Waals surface area (Å²) >= 11 is -2.75. The summed E-state index contributed by atoms with van der Waals surface area (Å²) in [5.41, 5.74) is 2.31. The van der Waals surface area contributed by atoms with Crippen LogP contribution in [0.15, 0.2) is 248 Å². The van der Waals surface area contributed by atoms with Gasteiger partial charge in [0.2, 0.25) is 0 Å². The van der Waals surface area contributed by atoms with Crippen LogP contribution >= 0.6 is 25.9 Å². The van der Waals surface area contributed by atoms with Gasteiger partial charge >= 0.3 is 291 Å². The molecule has 0 spiro atoms. The fourth-order valence-corrected chi connectivity index (χ4v) is 25.4. The number of benzene rings is 8. The fraction of sp³-hybridized carbons (Fsp3) is 0. The molecule has 0 saturated carbocycles. The molecule has 0 saturated heterocycles. The minimum atomic E-state index is -3.07. The quantitative estimate of drug-likeness (QED) is 0.127. The molecule has 0 fully saturated rings. The Morgan fingerprint density at radius 3 is 0.821 bits per heavy atom. The second-order valence-electron chi connectivity index (χ2n) is 13.2. The molecule has 0 aliphatic heterocycles. The summed E-state index contributed by atoms with van der Waals surface area (Å²) in [6, 6.07) is 81.7. The van der Waals surface area contributed by atoms with Gasteiger partial charge in [-0.2, -0.15) is 0 Å². The van der Waals surface area contributed by atoms with Crippen molar-refractivity contribution in [3.05, 3.63) is 259 Å². The van der Waals surface area contributed by atoms with E-state index < -0.39 is 25.6 Å². The van der Waals surface area contributed by atoms with Gasteiger partial charge in [0.1, 0.15) is 0 Å². The van der Waals surface area contributed by atoms with Crippen molar-refractivity contribution >= 4 is 94.5 Å². The van der Waals surface area contributed by atoms with Gasteiger partial charge in [-0.3, -0.25) is 0 Å². The van der Waals surface area contributed by atoms with Gasteiger partial charge in [0.15, 0.2) is 0 Å². The molecule has 8 aromatic carbocycles. The summed E-state index contributed by atoms with van der Waals surface area (Å²) in [5, 5.41) is 0. The van der Waals surface area contributed by atoms with Crippen LogP contribution in [0.4, 0.5) is 0 Å². The third-order valence-corrected chi connectivity index (χ3v) is 30.9. The number of hydrogen-bond acceptors (Lipinski definition) is 0. The van der Waals surface area contributed by atoms with Crippen molar-refractivity contribution in [1.29, 1.82) is 0 Å². The zero-order chi connectivity index (χ0) is 39.1. The van der Waals surface area contributed by atoms with E-state index >= 15 is 0 Å². The van der Waals surface area contributed by atoms with E-state index in [0.29, 0.717) is 0 Å². The predicted molar refractivity (Wildman–Crippen MR) is 254 cm³/mol. The number of hydrogen-bond donors (Lipinski definition) is 0. The Balaban J connectivity index is 0.000000160. The molecule has 0 aromatic heterocycles. The molecule has 274 valence electrons. The molecule has 8 rings (SSSR count). The van der Waals surface area contributed by atoms with E-state index in [-0.39, 0.29) is 0 Å². The predicted octanol–water partition coefficient (Wildman–Crippen LogP) is 9.69. The molecule has 0 bridgehead atoms. The van der Waals surface area contributed by atoms with Crippen molar-refractivity contribution in [2.24, 2.45) is 0 Å². The van der Waals surface area contributed by atoms with Gasteiger partial charge in [-0.1, -0.05) is 40.7 Å². The fourth-order valence-electron chi connectivity index (χ4n) is 7.04. The van der Waals surface area contributed by atoms with Crippen LogP contribution in [-0.2, 0) is 0 Å². The van der Waals surface area contributed by atoms with E-state index in [1.807, 2.05) is 54.6 Å². The summed E-state index contributed by atoms with van der Waals surface area (Å²) in [6.45, 7) is 7.56. The maximum absolute atomic E-state index is 7.30. The van der Waals surface area contributed by atoms with E-state index in [1.165, 1.54) is 30.8 Å². The van der Waals surface area contributed by atoms with Crippen LogP contribution in [0.2, 0.25) is 0 Å². The third kappa shape index (κ3) is 9.54. The van der Waals surface area contributed by atoms with Gasteiger partial charge in [0, 0.05) is 4.47 Å². The second kappa shape index (κ2) is 20.3. The van der Waals surface area contributed by atoms with Crippen molar-refractivity contribution in [3.63, 3.8) is 0 Å². The van der Waals surface area contributed by atoms with Crippen LogP contribution < -0.4 is 30.8 Å². The Labute approximate surface area is 350 Å². The molecule has 4 heteroatoms. The average molecular weight is 930 g/mol. The van der Waals surface area contributed by atoms with Gasteiger partial charge in [0.05, 0.1) is 0 Å². The maximum atomic E-state index is 7.30. The van der Waals surface area contributed by atoms with E-state index in [4.69, 9.17) is 10.0 Å². The second-order valence-corrected chi connectivity index (χ2v) is 31.4. The number of halogens is 2. The van der Waals surface area contributed by atoms with E-state index in [9.17, 15) is 0 Å². The van der Waals surface area contributed by atoms with Crippen molar-refractivity contribution in [3.8, 4) is 0 Å². The van der Waals surface area contributed by atoms with Crippen LogP contribution in [0.25, 0.3) is 12.2 Å². The Morgan fingerprint density at radius 1 is 0.321 bits per heavy atom. The monoisotopic (exact) mass is 930 g/mol. The molecular formula is C52H44BrClGe2. The first-order valence-corrected chi connectivity index (χ1v) is 29.5.